The molecular weight excluding hydrogens is 969 g/mol. The third-order valence-corrected chi connectivity index (χ3v) is 19.6. The van der Waals surface area contributed by atoms with Crippen molar-refractivity contribution in [2.75, 3.05) is 13.2 Å². The number of hydrogen-bond donors (Lipinski definition) is 0. The first-order valence-electron chi connectivity index (χ1n) is 26.6. The first-order chi connectivity index (χ1) is 37.1. The maximum Gasteiger partial charge on any atom is 0.338 e. The summed E-state index contributed by atoms with van der Waals surface area (Å²) in [5.74, 6) is -0.902. The van der Waals surface area contributed by atoms with Crippen molar-refractivity contribution >= 4 is 24.7 Å². The summed E-state index contributed by atoms with van der Waals surface area (Å²) in [5, 5.41) is 2.04. The Morgan fingerprint density at radius 3 is 1.36 bits per heavy atom. The lowest BCUT2D eigenvalue weighted by molar-refractivity contribution is -0.353. The van der Waals surface area contributed by atoms with Crippen LogP contribution in [0.25, 0.3) is 0 Å². The van der Waals surface area contributed by atoms with E-state index < -0.39 is 75.3 Å². The molecule has 0 radical (unpaired) electrons. The molecule has 7 aromatic carbocycles. The van der Waals surface area contributed by atoms with E-state index in [-0.39, 0.29) is 38.1 Å². The van der Waals surface area contributed by atoms with Crippen LogP contribution in [0.5, 0.6) is 0 Å². The summed E-state index contributed by atoms with van der Waals surface area (Å²) in [6.45, 7) is 12.3. The van der Waals surface area contributed by atoms with E-state index in [9.17, 15) is 4.79 Å². The smallest absolute Gasteiger partial charge is 0.338 e. The summed E-state index contributed by atoms with van der Waals surface area (Å²) < 4.78 is 63.6. The third kappa shape index (κ3) is 13.5. The van der Waals surface area contributed by atoms with E-state index in [4.69, 9.17) is 42.3 Å². The molecule has 10 unspecified atom stereocenters. The van der Waals surface area contributed by atoms with Crippen molar-refractivity contribution in [1.29, 1.82) is 0 Å². The highest BCUT2D eigenvalue weighted by Gasteiger charge is 2.55. The van der Waals surface area contributed by atoms with Crippen LogP contribution in [0.4, 0.5) is 0 Å². The summed E-state index contributed by atoms with van der Waals surface area (Å²) in [4.78, 5) is 14.2. The molecule has 0 N–H and O–H groups in total. The fourth-order valence-corrected chi connectivity index (χ4v) is 15.1. The van der Waals surface area contributed by atoms with Crippen molar-refractivity contribution in [2.45, 2.75) is 121 Å². The molecule has 7 aromatic rings. The minimum atomic E-state index is -3.02. The summed E-state index contributed by atoms with van der Waals surface area (Å²) in [6, 6.07) is 70.4. The van der Waals surface area contributed by atoms with Crippen molar-refractivity contribution in [3.63, 3.8) is 0 Å². The highest BCUT2D eigenvalue weighted by molar-refractivity contribution is 6.99. The molecule has 2 aliphatic rings. The van der Waals surface area contributed by atoms with Gasteiger partial charge in [-0.15, -0.1) is 0 Å². The Balaban J connectivity index is 1.10. The van der Waals surface area contributed by atoms with Crippen molar-refractivity contribution in [3.05, 3.63) is 240 Å². The van der Waals surface area contributed by atoms with Gasteiger partial charge < -0.3 is 42.3 Å². The molecule has 0 saturated carbocycles. The van der Waals surface area contributed by atoms with Crippen LogP contribution in [0.1, 0.15) is 67.2 Å². The number of ether oxygens (including phenoxy) is 8. The van der Waals surface area contributed by atoms with Crippen LogP contribution in [0.3, 0.4) is 0 Å². The van der Waals surface area contributed by atoms with Gasteiger partial charge in [-0.2, -0.15) is 0 Å². The van der Waals surface area contributed by atoms with E-state index in [1.807, 2.05) is 159 Å². The molecular formula is C65H72O10Si. The Kier molecular flexibility index (Phi) is 18.9. The van der Waals surface area contributed by atoms with Gasteiger partial charge in [-0.3, -0.25) is 0 Å². The van der Waals surface area contributed by atoms with Crippen molar-refractivity contribution < 1.29 is 47.1 Å². The molecule has 2 heterocycles. The van der Waals surface area contributed by atoms with Gasteiger partial charge in [-0.05, 0) is 56.7 Å². The average Bonchev–Trinajstić information content (AvgIpc) is 3.50. The lowest BCUT2D eigenvalue weighted by Crippen LogP contribution is -2.68. The van der Waals surface area contributed by atoms with Gasteiger partial charge in [0.1, 0.15) is 30.5 Å². The van der Waals surface area contributed by atoms with Crippen LogP contribution >= 0.6 is 0 Å². The maximum absolute atomic E-state index is 14.2. The van der Waals surface area contributed by atoms with E-state index in [2.05, 4.69) is 76.2 Å². The quantitative estimate of drug-likeness (QED) is 0.0482. The standard InChI is InChI=1S/C65H72O10Si/c1-47-56(46-71-76(65(3,4)5,54-37-23-11-24-38-54)55-39-25-12-26-40-55)72-48(2)59(74-63(66)53-35-21-10-22-36-53)58(47)75-64-62(70-44-52-33-19-9-20-34-52)61(69-43-51-31-17-8-18-32-51)60(68-42-50-29-15-7-16-30-50)57(73-64)45-67-41-49-27-13-6-14-28-49/h6-40,47-48,56-62,64H,41-46H2,1-5H3. The minimum Gasteiger partial charge on any atom is -0.453 e. The number of benzene rings is 7. The summed E-state index contributed by atoms with van der Waals surface area (Å²) in [5.41, 5.74) is 4.37. The Morgan fingerprint density at radius 1 is 0.461 bits per heavy atom. The predicted octanol–water partition coefficient (Wildman–Crippen LogP) is 11.3. The Bertz CT molecular complexity index is 2750. The molecule has 10 nitrogen and oxygen atoms in total. The molecule has 0 amide bonds. The maximum atomic E-state index is 14.2. The molecule has 0 spiro atoms. The zero-order valence-electron chi connectivity index (χ0n) is 44.3. The predicted molar refractivity (Wildman–Crippen MR) is 297 cm³/mol. The van der Waals surface area contributed by atoms with Crippen LogP contribution in [0, 0.1) is 5.92 Å². The molecule has 2 saturated heterocycles. The largest absolute Gasteiger partial charge is 0.453 e. The van der Waals surface area contributed by atoms with E-state index in [0.29, 0.717) is 12.2 Å². The minimum absolute atomic E-state index is 0.145. The first-order valence-corrected chi connectivity index (χ1v) is 28.5. The molecule has 0 aromatic heterocycles. The summed E-state index contributed by atoms with van der Waals surface area (Å²) in [6.07, 6.45) is -6.90. The highest BCUT2D eigenvalue weighted by atomic mass is 28.4. The third-order valence-electron chi connectivity index (χ3n) is 14.5. The van der Waals surface area contributed by atoms with Gasteiger partial charge in [0.15, 0.2) is 12.4 Å². The number of carbonyl (C=O) groups is 1. The summed E-state index contributed by atoms with van der Waals surface area (Å²) >= 11 is 0. The SMILES string of the molecule is CC1OC(CO[Si](c2ccccc2)(c2ccccc2)C(C)(C)C)C(C)C(OC2OC(COCc3ccccc3)C(OCc3ccccc3)C(OCc3ccccc3)C2OCc2ccccc2)C1OC(=O)c1ccccc1. The van der Waals surface area contributed by atoms with Gasteiger partial charge in [0, 0.05) is 5.92 Å². The first kappa shape index (κ1) is 54.7. The van der Waals surface area contributed by atoms with Crippen LogP contribution in [0.2, 0.25) is 5.04 Å². The second-order valence-electron chi connectivity index (χ2n) is 20.9. The molecule has 396 valence electrons. The van der Waals surface area contributed by atoms with Gasteiger partial charge in [-0.25, -0.2) is 4.79 Å². The zero-order chi connectivity index (χ0) is 52.7. The Morgan fingerprint density at radius 2 is 0.882 bits per heavy atom. The second-order valence-corrected chi connectivity index (χ2v) is 25.2. The van der Waals surface area contributed by atoms with Crippen LogP contribution in [-0.4, -0.2) is 82.6 Å². The topological polar surface area (TPSA) is 100 Å². The van der Waals surface area contributed by atoms with Crippen LogP contribution in [0.15, 0.2) is 212 Å². The van der Waals surface area contributed by atoms with Gasteiger partial charge in [0.25, 0.3) is 8.32 Å². The second kappa shape index (κ2) is 26.3. The normalized spacial score (nSPS) is 23.9. The lowest BCUT2D eigenvalue weighted by atomic mass is 9.88. The van der Waals surface area contributed by atoms with E-state index in [1.165, 1.54) is 0 Å². The number of rotatable bonds is 22. The average molecular weight is 1040 g/mol. The van der Waals surface area contributed by atoms with Gasteiger partial charge in [0.2, 0.25) is 0 Å². The van der Waals surface area contributed by atoms with E-state index in [0.717, 1.165) is 32.6 Å². The van der Waals surface area contributed by atoms with Gasteiger partial charge in [0.05, 0.1) is 57.4 Å². The molecule has 10 atom stereocenters. The number of esters is 1. The monoisotopic (exact) mass is 1040 g/mol. The molecule has 9 rings (SSSR count). The molecule has 2 aliphatic heterocycles. The lowest BCUT2D eigenvalue weighted by Gasteiger charge is -2.50. The molecule has 0 bridgehead atoms. The molecule has 2 fully saturated rings. The van der Waals surface area contributed by atoms with Crippen molar-refractivity contribution in [2.24, 2.45) is 5.92 Å². The number of hydrogen-bond acceptors (Lipinski definition) is 10. The molecule has 0 aliphatic carbocycles. The number of carbonyl (C=O) groups excluding carboxylic acids is 1. The van der Waals surface area contributed by atoms with Crippen molar-refractivity contribution in [3.8, 4) is 0 Å². The van der Waals surface area contributed by atoms with E-state index in [1.54, 1.807) is 12.1 Å². The Hall–Kier alpha value is -6.09. The van der Waals surface area contributed by atoms with E-state index >= 15 is 0 Å². The van der Waals surface area contributed by atoms with Gasteiger partial charge >= 0.3 is 5.97 Å². The molecule has 11 heteroatoms. The Labute approximate surface area is 450 Å². The van der Waals surface area contributed by atoms with Gasteiger partial charge in [-0.1, -0.05) is 228 Å². The fourth-order valence-electron chi connectivity index (χ4n) is 10.6. The zero-order valence-corrected chi connectivity index (χ0v) is 45.3. The van der Waals surface area contributed by atoms with Crippen LogP contribution in [-0.2, 0) is 68.7 Å². The van der Waals surface area contributed by atoms with Crippen molar-refractivity contribution in [1.82, 2.24) is 0 Å². The fraction of sp³-hybridized carbons (Fsp3) is 0.338. The highest BCUT2D eigenvalue weighted by Crippen LogP contribution is 2.40. The molecule has 76 heavy (non-hydrogen) atoms. The summed E-state index contributed by atoms with van der Waals surface area (Å²) in [7, 11) is -3.02. The van der Waals surface area contributed by atoms with Crippen LogP contribution < -0.4 is 10.4 Å².